The molecule has 47 heavy (non-hydrogen) atoms. The average Bonchev–Trinajstić information content (AvgIpc) is 3.69. The number of aliphatic imine (C=N–C) groups is 2. The first kappa shape index (κ1) is 28.1. The van der Waals surface area contributed by atoms with Gasteiger partial charge in [0.2, 0.25) is 0 Å². The van der Waals surface area contributed by atoms with Crippen LogP contribution in [0.15, 0.2) is 150 Å². The second-order valence-electron chi connectivity index (χ2n) is 11.6. The van der Waals surface area contributed by atoms with E-state index in [1.54, 1.807) is 12.1 Å². The van der Waals surface area contributed by atoms with E-state index in [0.717, 1.165) is 38.9 Å². The van der Waals surface area contributed by atoms with Crippen molar-refractivity contribution in [1.29, 1.82) is 5.26 Å². The Morgan fingerprint density at radius 3 is 2.21 bits per heavy atom. The molecule has 1 atom stereocenters. The second-order valence-corrected chi connectivity index (χ2v) is 11.6. The molecule has 224 valence electrons. The van der Waals surface area contributed by atoms with Crippen molar-refractivity contribution < 1.29 is 0 Å². The Balaban J connectivity index is 1.18. The third kappa shape index (κ3) is 5.01. The van der Waals surface area contributed by atoms with Crippen LogP contribution in [0.1, 0.15) is 28.4 Å². The van der Waals surface area contributed by atoms with E-state index >= 15 is 0 Å². The number of fused-ring (bicyclic) bond motifs is 7. The number of rotatable bonds is 7. The van der Waals surface area contributed by atoms with E-state index in [-0.39, 0.29) is 6.17 Å². The van der Waals surface area contributed by atoms with Gasteiger partial charge in [-0.05, 0) is 66.4 Å². The van der Waals surface area contributed by atoms with E-state index in [4.69, 9.17) is 4.99 Å². The van der Waals surface area contributed by atoms with Gasteiger partial charge in [0.1, 0.15) is 12.0 Å². The Bertz CT molecular complexity index is 2480. The maximum atomic E-state index is 9.32. The summed E-state index contributed by atoms with van der Waals surface area (Å²) in [5.74, 6) is 0.684. The van der Waals surface area contributed by atoms with Gasteiger partial charge in [-0.3, -0.25) is 9.98 Å². The monoisotopic (exact) mass is 606 g/mol. The molecule has 0 amide bonds. The largest absolute Gasteiger partial charge is 0.353 e. The Morgan fingerprint density at radius 2 is 1.45 bits per heavy atom. The van der Waals surface area contributed by atoms with Crippen molar-refractivity contribution in [2.24, 2.45) is 9.98 Å². The number of nitriles is 1. The second kappa shape index (κ2) is 11.8. The lowest BCUT2D eigenvalue weighted by molar-refractivity contribution is 0.686. The molecule has 8 rings (SSSR count). The number of aromatic nitrogens is 2. The number of nitrogens with one attached hydrogen (secondary N) is 2. The predicted octanol–water partition coefficient (Wildman–Crippen LogP) is 9.23. The van der Waals surface area contributed by atoms with Crippen LogP contribution < -0.4 is 5.32 Å². The zero-order valence-corrected chi connectivity index (χ0v) is 25.6. The molecule has 6 heteroatoms. The third-order valence-electron chi connectivity index (χ3n) is 8.79. The summed E-state index contributed by atoms with van der Waals surface area (Å²) in [7, 11) is 0. The Labute approximate surface area is 272 Å². The summed E-state index contributed by atoms with van der Waals surface area (Å²) >= 11 is 0. The molecule has 0 fully saturated rings. The minimum absolute atomic E-state index is 0.371. The van der Waals surface area contributed by atoms with Crippen LogP contribution in [-0.4, -0.2) is 22.1 Å². The van der Waals surface area contributed by atoms with E-state index in [2.05, 4.69) is 118 Å². The fourth-order valence-electron chi connectivity index (χ4n) is 6.48. The molecule has 2 N–H and O–H groups in total. The SMILES string of the molecule is C=NC(N/C(=N\Cc1ccc(-n2c3ccccc3c3ccc4c5ccccc5[nH]c4c32)cc1)c1ccc(C#N)cc1)c1ccccc1. The predicted molar refractivity (Wildman–Crippen MR) is 193 cm³/mol. The van der Waals surface area contributed by atoms with Gasteiger partial charge in [-0.15, -0.1) is 0 Å². The van der Waals surface area contributed by atoms with Gasteiger partial charge in [-0.1, -0.05) is 91.0 Å². The van der Waals surface area contributed by atoms with Crippen molar-refractivity contribution in [3.63, 3.8) is 0 Å². The summed E-state index contributed by atoms with van der Waals surface area (Å²) in [5, 5.41) is 17.7. The van der Waals surface area contributed by atoms with Crippen LogP contribution in [0.5, 0.6) is 0 Å². The lowest BCUT2D eigenvalue weighted by Gasteiger charge is -2.18. The highest BCUT2D eigenvalue weighted by Crippen LogP contribution is 2.38. The van der Waals surface area contributed by atoms with E-state index in [1.807, 2.05) is 42.5 Å². The molecule has 0 saturated carbocycles. The molecule has 1 unspecified atom stereocenters. The minimum atomic E-state index is -0.371. The Morgan fingerprint density at radius 1 is 0.745 bits per heavy atom. The maximum absolute atomic E-state index is 9.32. The number of benzene rings is 6. The van der Waals surface area contributed by atoms with Gasteiger partial charge in [-0.2, -0.15) is 5.26 Å². The Hall–Kier alpha value is -6.45. The van der Waals surface area contributed by atoms with E-state index in [1.165, 1.54) is 27.1 Å². The van der Waals surface area contributed by atoms with Crippen molar-refractivity contribution in [3.8, 4) is 11.8 Å². The molecule has 6 aromatic carbocycles. The number of hydrogen-bond donors (Lipinski definition) is 2. The molecule has 0 aliphatic rings. The molecule has 0 aliphatic carbocycles. The quantitative estimate of drug-likeness (QED) is 0.140. The molecule has 0 radical (unpaired) electrons. The summed E-state index contributed by atoms with van der Waals surface area (Å²) in [4.78, 5) is 13.1. The van der Waals surface area contributed by atoms with Crippen LogP contribution in [0.25, 0.3) is 49.3 Å². The molecule has 8 aromatic rings. The summed E-state index contributed by atoms with van der Waals surface area (Å²) in [6.07, 6.45) is -0.371. The molecule has 0 aliphatic heterocycles. The van der Waals surface area contributed by atoms with Crippen LogP contribution in [0.3, 0.4) is 0 Å². The van der Waals surface area contributed by atoms with E-state index in [9.17, 15) is 5.26 Å². The highest BCUT2D eigenvalue weighted by molar-refractivity contribution is 6.22. The minimum Gasteiger partial charge on any atom is -0.353 e. The van der Waals surface area contributed by atoms with Gasteiger partial charge in [0.15, 0.2) is 0 Å². The molecular formula is C41H30N6. The van der Waals surface area contributed by atoms with Gasteiger partial charge >= 0.3 is 0 Å². The highest BCUT2D eigenvalue weighted by Gasteiger charge is 2.17. The summed E-state index contributed by atoms with van der Waals surface area (Å²) in [5.41, 5.74) is 9.21. The van der Waals surface area contributed by atoms with E-state index < -0.39 is 0 Å². The van der Waals surface area contributed by atoms with Gasteiger partial charge in [-0.25, -0.2) is 0 Å². The zero-order chi connectivity index (χ0) is 31.7. The first-order valence-electron chi connectivity index (χ1n) is 15.6. The van der Waals surface area contributed by atoms with E-state index in [0.29, 0.717) is 17.9 Å². The molecule has 0 spiro atoms. The van der Waals surface area contributed by atoms with Crippen molar-refractivity contribution in [3.05, 3.63) is 162 Å². The van der Waals surface area contributed by atoms with Gasteiger partial charge in [0, 0.05) is 38.3 Å². The van der Waals surface area contributed by atoms with Crippen molar-refractivity contribution in [2.75, 3.05) is 0 Å². The molecular weight excluding hydrogens is 576 g/mol. The zero-order valence-electron chi connectivity index (χ0n) is 25.6. The first-order chi connectivity index (χ1) is 23.2. The lowest BCUT2D eigenvalue weighted by atomic mass is 10.1. The normalized spacial score (nSPS) is 12.4. The number of para-hydroxylation sites is 2. The summed E-state index contributed by atoms with van der Waals surface area (Å²) in [6.45, 7) is 4.28. The van der Waals surface area contributed by atoms with Gasteiger partial charge < -0.3 is 14.9 Å². The number of aromatic amines is 1. The number of hydrogen-bond acceptors (Lipinski definition) is 3. The van der Waals surface area contributed by atoms with Crippen molar-refractivity contribution in [2.45, 2.75) is 12.7 Å². The number of nitrogens with zero attached hydrogens (tertiary/aromatic N) is 4. The topological polar surface area (TPSA) is 81.3 Å². The molecule has 6 nitrogen and oxygen atoms in total. The number of H-pyrrole nitrogens is 1. The maximum Gasteiger partial charge on any atom is 0.145 e. The van der Waals surface area contributed by atoms with Crippen molar-refractivity contribution in [1.82, 2.24) is 14.9 Å². The first-order valence-corrected chi connectivity index (χ1v) is 15.6. The summed E-state index contributed by atoms with van der Waals surface area (Å²) < 4.78 is 2.36. The Kier molecular flexibility index (Phi) is 7.05. The fourth-order valence-corrected chi connectivity index (χ4v) is 6.48. The molecule has 0 saturated heterocycles. The van der Waals surface area contributed by atoms with Crippen LogP contribution in [0, 0.1) is 11.3 Å². The average molecular weight is 607 g/mol. The van der Waals surface area contributed by atoms with Crippen LogP contribution in [0.2, 0.25) is 0 Å². The molecule has 2 heterocycles. The van der Waals surface area contributed by atoms with Gasteiger partial charge in [0.25, 0.3) is 0 Å². The molecule has 0 bridgehead atoms. The fraction of sp³-hybridized carbons (Fsp3) is 0.0488. The van der Waals surface area contributed by atoms with Gasteiger partial charge in [0.05, 0.1) is 34.7 Å². The van der Waals surface area contributed by atoms with Crippen LogP contribution in [0.4, 0.5) is 0 Å². The smallest absolute Gasteiger partial charge is 0.145 e. The van der Waals surface area contributed by atoms with Crippen LogP contribution in [-0.2, 0) is 6.54 Å². The summed E-state index contributed by atoms with van der Waals surface area (Å²) in [6, 6.07) is 49.8. The number of amidine groups is 1. The third-order valence-corrected chi connectivity index (χ3v) is 8.79. The van der Waals surface area contributed by atoms with Crippen LogP contribution >= 0.6 is 0 Å². The standard InChI is InChI=1S/C41H30N6/c1-43-40(29-9-3-2-4-10-29)46-41(30-19-15-27(25-42)16-20-30)44-26-28-17-21-31(22-18-28)47-37-14-8-6-12-33(37)35-24-23-34-32-11-5-7-13-36(32)45-38(34)39(35)47/h2-24,40,45H,1,26H2,(H,44,46). The highest BCUT2D eigenvalue weighted by atomic mass is 15.1. The lowest BCUT2D eigenvalue weighted by Crippen LogP contribution is -2.28. The van der Waals surface area contributed by atoms with Crippen molar-refractivity contribution >= 4 is 56.2 Å². The molecule has 2 aromatic heterocycles.